The Morgan fingerprint density at radius 1 is 1.06 bits per heavy atom. The lowest BCUT2D eigenvalue weighted by Crippen LogP contribution is -2.26. The molecule has 4 heterocycles. The van der Waals surface area contributed by atoms with E-state index in [2.05, 4.69) is 30.4 Å². The van der Waals surface area contributed by atoms with Crippen LogP contribution in [0.4, 0.5) is 10.2 Å². The third-order valence-corrected chi connectivity index (χ3v) is 5.18. The number of fused-ring (bicyclic) bond motifs is 1. The van der Waals surface area contributed by atoms with Crippen molar-refractivity contribution in [3.63, 3.8) is 0 Å². The van der Waals surface area contributed by atoms with Crippen LogP contribution in [0.3, 0.4) is 0 Å². The number of hydrogen-bond acceptors (Lipinski definition) is 7. The Kier molecular flexibility index (Phi) is 5.38. The third kappa shape index (κ3) is 4.16. The molecule has 1 aromatic carbocycles. The van der Waals surface area contributed by atoms with Crippen molar-refractivity contribution in [2.45, 2.75) is 6.54 Å². The molecule has 0 atom stereocenters. The maximum Gasteiger partial charge on any atom is 0.274 e. The fraction of sp³-hybridized carbons (Fsp3) is 0.0833. The number of nitrogens with one attached hydrogen (secondary N) is 1. The second-order valence-corrected chi connectivity index (χ2v) is 7.59. The van der Waals surface area contributed by atoms with Crippen LogP contribution in [0.2, 0.25) is 0 Å². The highest BCUT2D eigenvalue weighted by Crippen LogP contribution is 2.31. The molecule has 5 rings (SSSR count). The van der Waals surface area contributed by atoms with Gasteiger partial charge in [0, 0.05) is 36.6 Å². The van der Waals surface area contributed by atoms with Gasteiger partial charge in [-0.15, -0.1) is 0 Å². The Balaban J connectivity index is 1.57. The SMILES string of the molecule is Cn1ccc(-c2nc(N)c(C(=O)NCc3cc(F)ccn3)nc2-c2ccc3ncccc3c2)n1. The maximum atomic E-state index is 13.4. The zero-order chi connectivity index (χ0) is 23.7. The second-order valence-electron chi connectivity index (χ2n) is 7.59. The summed E-state index contributed by atoms with van der Waals surface area (Å²) in [5.41, 5.74) is 9.49. The lowest BCUT2D eigenvalue weighted by molar-refractivity contribution is 0.0946. The number of amides is 1. The highest BCUT2D eigenvalue weighted by molar-refractivity contribution is 5.98. The molecule has 10 heteroatoms. The lowest BCUT2D eigenvalue weighted by atomic mass is 10.0. The largest absolute Gasteiger partial charge is 0.382 e. The average Bonchev–Trinajstić information content (AvgIpc) is 3.28. The Morgan fingerprint density at radius 2 is 1.94 bits per heavy atom. The molecule has 0 bridgehead atoms. The van der Waals surface area contributed by atoms with Crippen LogP contribution >= 0.6 is 0 Å². The highest BCUT2D eigenvalue weighted by Gasteiger charge is 2.21. The van der Waals surface area contributed by atoms with Crippen LogP contribution < -0.4 is 11.1 Å². The van der Waals surface area contributed by atoms with E-state index in [1.807, 2.05) is 30.3 Å². The molecule has 0 saturated heterocycles. The monoisotopic (exact) mass is 454 g/mol. The summed E-state index contributed by atoms with van der Waals surface area (Å²) in [6, 6.07) is 13.7. The molecule has 0 aliphatic carbocycles. The predicted molar refractivity (Wildman–Crippen MR) is 125 cm³/mol. The van der Waals surface area contributed by atoms with Crippen molar-refractivity contribution in [3.05, 3.63) is 84.3 Å². The number of nitrogens with zero attached hydrogens (tertiary/aromatic N) is 6. The van der Waals surface area contributed by atoms with Gasteiger partial charge in [-0.1, -0.05) is 12.1 Å². The quantitative estimate of drug-likeness (QED) is 0.418. The summed E-state index contributed by atoms with van der Waals surface area (Å²) in [7, 11) is 1.80. The van der Waals surface area contributed by atoms with Crippen LogP contribution in [-0.4, -0.2) is 35.6 Å². The minimum atomic E-state index is -0.549. The molecule has 5 aromatic rings. The summed E-state index contributed by atoms with van der Waals surface area (Å²) < 4.78 is 15.1. The van der Waals surface area contributed by atoms with Gasteiger partial charge in [0.2, 0.25) is 0 Å². The van der Waals surface area contributed by atoms with Crippen LogP contribution in [0.1, 0.15) is 16.2 Å². The van der Waals surface area contributed by atoms with E-state index >= 15 is 0 Å². The minimum absolute atomic E-state index is 0.0106. The average molecular weight is 454 g/mol. The highest BCUT2D eigenvalue weighted by atomic mass is 19.1. The Labute approximate surface area is 193 Å². The van der Waals surface area contributed by atoms with Crippen LogP contribution in [0.25, 0.3) is 33.5 Å². The smallest absolute Gasteiger partial charge is 0.274 e. The first-order valence-corrected chi connectivity index (χ1v) is 10.4. The van der Waals surface area contributed by atoms with E-state index in [1.54, 1.807) is 30.2 Å². The van der Waals surface area contributed by atoms with Crippen LogP contribution in [0.5, 0.6) is 0 Å². The van der Waals surface area contributed by atoms with E-state index < -0.39 is 11.7 Å². The van der Waals surface area contributed by atoms with Gasteiger partial charge >= 0.3 is 0 Å². The van der Waals surface area contributed by atoms with Gasteiger partial charge in [-0.3, -0.25) is 19.4 Å². The zero-order valence-corrected chi connectivity index (χ0v) is 18.1. The van der Waals surface area contributed by atoms with Crippen molar-refractivity contribution >= 4 is 22.6 Å². The van der Waals surface area contributed by atoms with Gasteiger partial charge in [-0.2, -0.15) is 5.10 Å². The number of aromatic nitrogens is 6. The fourth-order valence-corrected chi connectivity index (χ4v) is 3.56. The van der Waals surface area contributed by atoms with Crippen LogP contribution in [0, 0.1) is 5.82 Å². The molecule has 4 aromatic heterocycles. The van der Waals surface area contributed by atoms with Crippen molar-refractivity contribution in [3.8, 4) is 22.6 Å². The summed E-state index contributed by atoms with van der Waals surface area (Å²) in [6.07, 6.45) is 4.84. The number of anilines is 1. The molecule has 0 unspecified atom stereocenters. The number of halogens is 1. The summed E-state index contributed by atoms with van der Waals surface area (Å²) in [5.74, 6) is -1.03. The van der Waals surface area contributed by atoms with Gasteiger partial charge in [0.05, 0.1) is 23.4 Å². The van der Waals surface area contributed by atoms with E-state index in [9.17, 15) is 9.18 Å². The molecule has 0 spiro atoms. The van der Waals surface area contributed by atoms with Gasteiger partial charge in [0.15, 0.2) is 11.5 Å². The molecular formula is C24H19FN8O. The molecule has 168 valence electrons. The molecule has 3 N–H and O–H groups in total. The summed E-state index contributed by atoms with van der Waals surface area (Å²) >= 11 is 0. The topological polar surface area (TPSA) is 124 Å². The van der Waals surface area contributed by atoms with Crippen molar-refractivity contribution in [2.24, 2.45) is 7.05 Å². The number of benzene rings is 1. The summed E-state index contributed by atoms with van der Waals surface area (Å²) in [4.78, 5) is 30.4. The number of nitrogens with two attached hydrogens (primary N) is 1. The number of hydrogen-bond donors (Lipinski definition) is 2. The Hall–Kier alpha value is -4.73. The normalized spacial score (nSPS) is 11.0. The minimum Gasteiger partial charge on any atom is -0.382 e. The fourth-order valence-electron chi connectivity index (χ4n) is 3.56. The van der Waals surface area contributed by atoms with Crippen molar-refractivity contribution in [1.29, 1.82) is 0 Å². The Morgan fingerprint density at radius 3 is 2.74 bits per heavy atom. The zero-order valence-electron chi connectivity index (χ0n) is 18.1. The van der Waals surface area contributed by atoms with Crippen molar-refractivity contribution in [2.75, 3.05) is 5.73 Å². The Bertz CT molecular complexity index is 1530. The molecule has 0 aliphatic rings. The number of carbonyl (C=O) groups is 1. The molecule has 0 saturated carbocycles. The van der Waals surface area contributed by atoms with E-state index in [1.165, 1.54) is 18.3 Å². The molecular weight excluding hydrogens is 435 g/mol. The van der Waals surface area contributed by atoms with E-state index in [0.717, 1.165) is 16.5 Å². The van der Waals surface area contributed by atoms with Gasteiger partial charge in [0.25, 0.3) is 5.91 Å². The van der Waals surface area contributed by atoms with Crippen LogP contribution in [0.15, 0.2) is 67.1 Å². The van der Waals surface area contributed by atoms with Gasteiger partial charge < -0.3 is 11.1 Å². The van der Waals surface area contributed by atoms with E-state index in [0.29, 0.717) is 22.8 Å². The van der Waals surface area contributed by atoms with Crippen molar-refractivity contribution in [1.82, 2.24) is 35.0 Å². The third-order valence-electron chi connectivity index (χ3n) is 5.18. The first-order chi connectivity index (χ1) is 16.5. The number of aryl methyl sites for hydroxylation is 1. The van der Waals surface area contributed by atoms with E-state index in [4.69, 9.17) is 5.73 Å². The molecule has 0 aliphatic heterocycles. The van der Waals surface area contributed by atoms with Gasteiger partial charge in [-0.25, -0.2) is 14.4 Å². The number of pyridine rings is 2. The number of carbonyl (C=O) groups excluding carboxylic acids is 1. The second kappa shape index (κ2) is 8.66. The van der Waals surface area contributed by atoms with Gasteiger partial charge in [0.1, 0.15) is 17.2 Å². The first-order valence-electron chi connectivity index (χ1n) is 10.4. The van der Waals surface area contributed by atoms with Crippen LogP contribution in [-0.2, 0) is 13.6 Å². The summed E-state index contributed by atoms with van der Waals surface area (Å²) in [5, 5.41) is 8.02. The molecule has 0 radical (unpaired) electrons. The number of rotatable bonds is 5. The first kappa shape index (κ1) is 21.1. The van der Waals surface area contributed by atoms with Gasteiger partial charge in [-0.05, 0) is 36.4 Å². The summed E-state index contributed by atoms with van der Waals surface area (Å²) in [6.45, 7) is 0.0106. The standard InChI is InChI=1S/C24H19FN8O/c1-33-10-7-19(32-33)21-20(15-4-5-18-14(11-15)3-2-8-28-18)30-22(23(26)31-21)24(34)29-13-17-12-16(25)6-9-27-17/h2-12H,13H2,1H3,(H2,26,31)(H,29,34). The van der Waals surface area contributed by atoms with Crippen molar-refractivity contribution < 1.29 is 9.18 Å². The van der Waals surface area contributed by atoms with E-state index in [-0.39, 0.29) is 18.1 Å². The molecule has 34 heavy (non-hydrogen) atoms. The maximum absolute atomic E-state index is 13.4. The molecule has 9 nitrogen and oxygen atoms in total. The molecule has 1 amide bonds. The molecule has 0 fully saturated rings. The number of nitrogen functional groups attached to an aromatic ring is 1. The predicted octanol–water partition coefficient (Wildman–Crippen LogP) is 3.14. The lowest BCUT2D eigenvalue weighted by Gasteiger charge is -2.12.